The molecule has 67 heavy (non-hydrogen) atoms. The standard InChI is InChI=1S/C61H106O6/c1-4-7-10-13-15-17-19-21-23-25-27-29-30-32-33-35-37-39-41-43-45-48-51-54-60(63)66-57-58(56-65-59(62)53-50-47-12-9-6-3)67-61(64)55-52-49-46-44-42-40-38-36-34-31-28-26-24-22-20-18-16-14-11-8-5-2/h8,11,16,18,22,24,28,31,36,38,42,44,58H,4-7,9-10,12-15,17,19-21,23,25-27,29-30,32-35,37,39-41,43,45-57H2,1-3H3/b11-8-,18-16-,24-22-,31-28-,38-36-,44-42-. The third-order valence-electron chi connectivity index (χ3n) is 12.2. The smallest absolute Gasteiger partial charge is 0.306 e. The summed E-state index contributed by atoms with van der Waals surface area (Å²) < 4.78 is 16.7. The van der Waals surface area contributed by atoms with Gasteiger partial charge >= 0.3 is 17.9 Å². The molecule has 6 nitrogen and oxygen atoms in total. The summed E-state index contributed by atoms with van der Waals surface area (Å²) in [6, 6.07) is 0. The maximum absolute atomic E-state index is 12.8. The van der Waals surface area contributed by atoms with Crippen molar-refractivity contribution < 1.29 is 28.6 Å². The average molecular weight is 936 g/mol. The van der Waals surface area contributed by atoms with E-state index < -0.39 is 6.10 Å². The van der Waals surface area contributed by atoms with E-state index in [1.165, 1.54) is 135 Å². The molecule has 0 heterocycles. The Hall–Kier alpha value is -3.15. The molecule has 0 aromatic rings. The molecule has 0 radical (unpaired) electrons. The van der Waals surface area contributed by atoms with E-state index in [4.69, 9.17) is 14.2 Å². The van der Waals surface area contributed by atoms with Crippen molar-refractivity contribution in [1.29, 1.82) is 0 Å². The summed E-state index contributed by atoms with van der Waals surface area (Å²) in [5.74, 6) is -0.942. The Morgan fingerprint density at radius 3 is 0.910 bits per heavy atom. The number of rotatable bonds is 51. The van der Waals surface area contributed by atoms with Gasteiger partial charge < -0.3 is 14.2 Å². The minimum absolute atomic E-state index is 0.0910. The first-order chi connectivity index (χ1) is 33.0. The first-order valence-corrected chi connectivity index (χ1v) is 28.4. The van der Waals surface area contributed by atoms with Gasteiger partial charge in [0.15, 0.2) is 6.10 Å². The second-order valence-corrected chi connectivity index (χ2v) is 18.8. The second kappa shape index (κ2) is 55.4. The fourth-order valence-electron chi connectivity index (χ4n) is 7.98. The summed E-state index contributed by atoms with van der Waals surface area (Å²) in [6.07, 6.45) is 70.9. The minimum atomic E-state index is -0.793. The van der Waals surface area contributed by atoms with Crippen LogP contribution in [0.3, 0.4) is 0 Å². The molecule has 0 aromatic carbocycles. The zero-order chi connectivity index (χ0) is 48.6. The number of esters is 3. The van der Waals surface area contributed by atoms with E-state index in [0.717, 1.165) is 96.3 Å². The number of unbranched alkanes of at least 4 members (excludes halogenated alkanes) is 28. The van der Waals surface area contributed by atoms with Crippen molar-refractivity contribution in [2.75, 3.05) is 13.2 Å². The van der Waals surface area contributed by atoms with Crippen LogP contribution in [0.15, 0.2) is 72.9 Å². The van der Waals surface area contributed by atoms with E-state index in [9.17, 15) is 14.4 Å². The van der Waals surface area contributed by atoms with E-state index >= 15 is 0 Å². The van der Waals surface area contributed by atoms with Crippen LogP contribution < -0.4 is 0 Å². The molecule has 0 saturated carbocycles. The molecule has 0 saturated heterocycles. The summed E-state index contributed by atoms with van der Waals surface area (Å²) in [5, 5.41) is 0. The first-order valence-electron chi connectivity index (χ1n) is 28.4. The molecule has 0 N–H and O–H groups in total. The van der Waals surface area contributed by atoms with Gasteiger partial charge in [-0.3, -0.25) is 14.4 Å². The summed E-state index contributed by atoms with van der Waals surface area (Å²) in [6.45, 7) is 6.43. The van der Waals surface area contributed by atoms with Crippen molar-refractivity contribution in [1.82, 2.24) is 0 Å². The highest BCUT2D eigenvalue weighted by atomic mass is 16.6. The van der Waals surface area contributed by atoms with Crippen LogP contribution in [-0.2, 0) is 28.6 Å². The normalized spacial score (nSPS) is 12.6. The number of ether oxygens (including phenoxy) is 3. The second-order valence-electron chi connectivity index (χ2n) is 18.8. The van der Waals surface area contributed by atoms with Crippen molar-refractivity contribution in [3.63, 3.8) is 0 Å². The van der Waals surface area contributed by atoms with Crippen molar-refractivity contribution in [2.45, 2.75) is 284 Å². The average Bonchev–Trinajstić information content (AvgIpc) is 3.33. The highest BCUT2D eigenvalue weighted by Crippen LogP contribution is 2.16. The molecule has 1 atom stereocenters. The summed E-state index contributed by atoms with van der Waals surface area (Å²) in [5.41, 5.74) is 0. The third kappa shape index (κ3) is 53.7. The molecule has 0 fully saturated rings. The minimum Gasteiger partial charge on any atom is -0.462 e. The van der Waals surface area contributed by atoms with Gasteiger partial charge in [0, 0.05) is 19.3 Å². The maximum atomic E-state index is 12.8. The Morgan fingerprint density at radius 2 is 0.582 bits per heavy atom. The number of carbonyl (C=O) groups excluding carboxylic acids is 3. The van der Waals surface area contributed by atoms with Crippen molar-refractivity contribution in [2.24, 2.45) is 0 Å². The molecule has 0 aliphatic heterocycles. The molecule has 1 unspecified atom stereocenters. The van der Waals surface area contributed by atoms with Gasteiger partial charge in [0.2, 0.25) is 0 Å². The van der Waals surface area contributed by atoms with Crippen LogP contribution in [0.4, 0.5) is 0 Å². The van der Waals surface area contributed by atoms with E-state index in [2.05, 4.69) is 93.7 Å². The Bertz CT molecular complexity index is 1260. The molecule has 0 bridgehead atoms. The Labute approximate surface area is 414 Å². The molecule has 0 aliphatic rings. The molecule has 6 heteroatoms. The molecule has 0 amide bonds. The van der Waals surface area contributed by atoms with E-state index in [-0.39, 0.29) is 37.5 Å². The summed E-state index contributed by atoms with van der Waals surface area (Å²) in [4.78, 5) is 37.8. The van der Waals surface area contributed by atoms with Crippen LogP contribution in [0.25, 0.3) is 0 Å². The van der Waals surface area contributed by atoms with Gasteiger partial charge in [0.05, 0.1) is 0 Å². The fraction of sp³-hybridized carbons (Fsp3) is 0.754. The van der Waals surface area contributed by atoms with E-state index in [0.29, 0.717) is 19.3 Å². The highest BCUT2D eigenvalue weighted by Gasteiger charge is 2.19. The summed E-state index contributed by atoms with van der Waals surface area (Å²) in [7, 11) is 0. The number of hydrogen-bond donors (Lipinski definition) is 0. The van der Waals surface area contributed by atoms with E-state index in [1.807, 2.05) is 0 Å². The van der Waals surface area contributed by atoms with Gasteiger partial charge in [-0.15, -0.1) is 0 Å². The molecule has 0 spiro atoms. The molecule has 0 rings (SSSR count). The predicted octanol–water partition coefficient (Wildman–Crippen LogP) is 19.0. The van der Waals surface area contributed by atoms with Crippen LogP contribution in [0, 0.1) is 0 Å². The van der Waals surface area contributed by atoms with Gasteiger partial charge in [-0.2, -0.15) is 0 Å². The zero-order valence-electron chi connectivity index (χ0n) is 44.2. The molecule has 386 valence electrons. The quantitative estimate of drug-likeness (QED) is 0.0262. The van der Waals surface area contributed by atoms with Crippen LogP contribution >= 0.6 is 0 Å². The predicted molar refractivity (Wildman–Crippen MR) is 288 cm³/mol. The topological polar surface area (TPSA) is 78.9 Å². The van der Waals surface area contributed by atoms with Crippen LogP contribution in [0.5, 0.6) is 0 Å². The highest BCUT2D eigenvalue weighted by molar-refractivity contribution is 5.71. The number of allylic oxidation sites excluding steroid dienone is 12. The largest absolute Gasteiger partial charge is 0.462 e. The Kier molecular flexibility index (Phi) is 52.8. The lowest BCUT2D eigenvalue weighted by Crippen LogP contribution is -2.30. The number of hydrogen-bond acceptors (Lipinski definition) is 6. The lowest BCUT2D eigenvalue weighted by atomic mass is 10.0. The maximum Gasteiger partial charge on any atom is 0.306 e. The van der Waals surface area contributed by atoms with Crippen molar-refractivity contribution in [3.05, 3.63) is 72.9 Å². The fourth-order valence-corrected chi connectivity index (χ4v) is 7.98. The van der Waals surface area contributed by atoms with Crippen molar-refractivity contribution >= 4 is 17.9 Å². The van der Waals surface area contributed by atoms with Gasteiger partial charge in [0.25, 0.3) is 0 Å². The SMILES string of the molecule is CC/C=C\C/C=C\C/C=C\C/C=C\C/C=C\C/C=C\CCCCC(=O)OC(COC(=O)CCCCCCC)COC(=O)CCCCCCCCCCCCCCCCCCCCCCCCC. The number of carbonyl (C=O) groups is 3. The molecular formula is C61H106O6. The summed E-state index contributed by atoms with van der Waals surface area (Å²) >= 11 is 0. The molecule has 0 aliphatic carbocycles. The molecular weight excluding hydrogens is 829 g/mol. The Balaban J connectivity index is 4.15. The van der Waals surface area contributed by atoms with Gasteiger partial charge in [-0.25, -0.2) is 0 Å². The van der Waals surface area contributed by atoms with Gasteiger partial charge in [0.1, 0.15) is 13.2 Å². The van der Waals surface area contributed by atoms with Crippen LogP contribution in [-0.4, -0.2) is 37.2 Å². The third-order valence-corrected chi connectivity index (χ3v) is 12.2. The molecule has 0 aromatic heterocycles. The van der Waals surface area contributed by atoms with E-state index in [1.54, 1.807) is 0 Å². The zero-order valence-corrected chi connectivity index (χ0v) is 44.2. The first kappa shape index (κ1) is 63.8. The lowest BCUT2D eigenvalue weighted by molar-refractivity contribution is -0.167. The lowest BCUT2D eigenvalue weighted by Gasteiger charge is -2.18. The van der Waals surface area contributed by atoms with Crippen molar-refractivity contribution in [3.8, 4) is 0 Å². The monoisotopic (exact) mass is 935 g/mol. The van der Waals surface area contributed by atoms with Gasteiger partial charge in [-0.05, 0) is 70.6 Å². The van der Waals surface area contributed by atoms with Crippen LogP contribution in [0.2, 0.25) is 0 Å². The van der Waals surface area contributed by atoms with Gasteiger partial charge in [-0.1, -0.05) is 261 Å². The van der Waals surface area contributed by atoms with Crippen LogP contribution in [0.1, 0.15) is 278 Å². The Morgan fingerprint density at radius 1 is 0.313 bits per heavy atom.